The van der Waals surface area contributed by atoms with Crippen molar-refractivity contribution in [2.24, 2.45) is 0 Å². The smallest absolute Gasteiger partial charge is 0.337 e. The van der Waals surface area contributed by atoms with Gasteiger partial charge in [0.1, 0.15) is 31.5 Å². The Hall–Kier alpha value is -4.01. The molecule has 0 bridgehead atoms. The third-order valence-corrected chi connectivity index (χ3v) is 6.29. The van der Waals surface area contributed by atoms with Crippen molar-refractivity contribution in [2.75, 3.05) is 39.6 Å². The lowest BCUT2D eigenvalue weighted by atomic mass is 9.69. The van der Waals surface area contributed by atoms with Gasteiger partial charge < -0.3 is 65.3 Å². The Balaban J connectivity index is 8.36. The van der Waals surface area contributed by atoms with Gasteiger partial charge in [-0.3, -0.25) is 4.79 Å². The van der Waals surface area contributed by atoms with E-state index in [2.05, 4.69) is 6.58 Å². The molecule has 0 aromatic rings. The van der Waals surface area contributed by atoms with Gasteiger partial charge >= 0.3 is 29.8 Å². The Morgan fingerprint density at radius 3 is 1.59 bits per heavy atom. The number of aliphatic hydroxyl groups excluding tert-OH is 6. The summed E-state index contributed by atoms with van der Waals surface area (Å²) in [5.74, 6) is -7.81. The van der Waals surface area contributed by atoms with E-state index in [9.17, 15) is 75.0 Å². The van der Waals surface area contributed by atoms with Gasteiger partial charge in [-0.05, 0) is 32.9 Å². The van der Waals surface area contributed by atoms with Gasteiger partial charge in [-0.2, -0.15) is 0 Å². The number of ether oxygens (including phenoxy) is 3. The van der Waals surface area contributed by atoms with Gasteiger partial charge in [-0.1, -0.05) is 6.58 Å². The highest BCUT2D eigenvalue weighted by atomic mass is 16.6. The van der Waals surface area contributed by atoms with E-state index in [4.69, 9.17) is 14.2 Å². The van der Waals surface area contributed by atoms with Crippen LogP contribution in [0.4, 0.5) is 0 Å². The summed E-state index contributed by atoms with van der Waals surface area (Å²) in [6, 6.07) is 0. The molecule has 46 heavy (non-hydrogen) atoms. The molecule has 0 heterocycles. The third-order valence-electron chi connectivity index (χ3n) is 6.29. The van der Waals surface area contributed by atoms with Crippen molar-refractivity contribution in [2.45, 2.75) is 56.7 Å². The zero-order valence-electron chi connectivity index (χ0n) is 25.3. The van der Waals surface area contributed by atoms with E-state index in [0.29, 0.717) is 6.08 Å². The summed E-state index contributed by atoms with van der Waals surface area (Å²) in [6.45, 7) is -0.275. The Labute approximate surface area is 262 Å². The summed E-state index contributed by atoms with van der Waals surface area (Å²) in [5, 5.41) is 103. The van der Waals surface area contributed by atoms with Gasteiger partial charge in [0.05, 0.1) is 38.4 Å². The molecule has 0 aliphatic rings. The monoisotopic (exact) mass is 664 g/mol. The predicted molar refractivity (Wildman–Crippen MR) is 152 cm³/mol. The molecule has 260 valence electrons. The van der Waals surface area contributed by atoms with E-state index in [1.54, 1.807) is 0 Å². The first kappa shape index (κ1) is 42.0. The van der Waals surface area contributed by atoms with Gasteiger partial charge in [-0.15, -0.1) is 0 Å². The van der Waals surface area contributed by atoms with Crippen LogP contribution in [0.5, 0.6) is 0 Å². The van der Waals surface area contributed by atoms with E-state index >= 15 is 0 Å². The number of hydrogen-bond acceptors (Lipinski definition) is 15. The molecular formula is C28H40O18. The minimum absolute atomic E-state index is 0.0446. The molecule has 0 aliphatic carbocycles. The fraction of sp³-hybridized carbons (Fsp3) is 0.536. The maximum Gasteiger partial charge on any atom is 0.337 e. The second-order valence-corrected chi connectivity index (χ2v) is 9.79. The number of aliphatic carboxylic acids is 3. The molecule has 18 nitrogen and oxygen atoms in total. The first-order valence-corrected chi connectivity index (χ1v) is 13.3. The Morgan fingerprint density at radius 1 is 0.739 bits per heavy atom. The Bertz CT molecular complexity index is 1220. The summed E-state index contributed by atoms with van der Waals surface area (Å²) in [4.78, 5) is 60.7. The summed E-state index contributed by atoms with van der Waals surface area (Å²) < 4.78 is 15.4. The number of esters is 2. The van der Waals surface area contributed by atoms with Crippen LogP contribution < -0.4 is 0 Å². The molecule has 0 rings (SSSR count). The predicted octanol–water partition coefficient (Wildman–Crippen LogP) is -2.97. The number of carbonyl (C=O) groups is 5. The van der Waals surface area contributed by atoms with Crippen molar-refractivity contribution in [3.63, 3.8) is 0 Å². The van der Waals surface area contributed by atoms with Crippen LogP contribution in [-0.4, -0.2) is 150 Å². The molecule has 5 atom stereocenters. The molecule has 0 aromatic carbocycles. The standard InChI is InChI=1S/C28H40O18/c1-14(2)25(41)44-7-8-45-26(42)22(21(17(32)11-29)18(33)12-30)27(43,9-15(3)23(37)38)28(19(34)13-31,10-16(4)24(39)40)46-6-5-20(35)36/h9-10,17-19,29-34,43H,1,5-8,11-13H2,2-4H3,(H,35,36)(H,37,38)(H,39,40). The van der Waals surface area contributed by atoms with Crippen molar-refractivity contribution in [1.82, 2.24) is 0 Å². The summed E-state index contributed by atoms with van der Waals surface area (Å²) in [6.07, 6.45) is -7.52. The average molecular weight is 665 g/mol. The third kappa shape index (κ3) is 10.8. The molecule has 0 fully saturated rings. The topological polar surface area (TPSA) is 315 Å². The average Bonchev–Trinajstić information content (AvgIpc) is 2.98. The highest BCUT2D eigenvalue weighted by Crippen LogP contribution is 2.43. The fourth-order valence-electron chi connectivity index (χ4n) is 4.00. The van der Waals surface area contributed by atoms with Crippen molar-refractivity contribution >= 4 is 29.8 Å². The first-order chi connectivity index (χ1) is 21.3. The first-order valence-electron chi connectivity index (χ1n) is 13.3. The van der Waals surface area contributed by atoms with Crippen LogP contribution in [0.3, 0.4) is 0 Å². The molecule has 0 aliphatic heterocycles. The van der Waals surface area contributed by atoms with E-state index in [0.717, 1.165) is 13.8 Å². The van der Waals surface area contributed by atoms with E-state index in [1.807, 2.05) is 0 Å². The van der Waals surface area contributed by atoms with Gasteiger partial charge in [0.2, 0.25) is 0 Å². The van der Waals surface area contributed by atoms with Crippen LogP contribution in [-0.2, 0) is 38.2 Å². The van der Waals surface area contributed by atoms with E-state index in [-0.39, 0.29) is 11.6 Å². The van der Waals surface area contributed by atoms with Crippen LogP contribution >= 0.6 is 0 Å². The lowest BCUT2D eigenvalue weighted by Crippen LogP contribution is -2.65. The van der Waals surface area contributed by atoms with Crippen molar-refractivity contribution in [1.29, 1.82) is 0 Å². The second kappa shape index (κ2) is 18.8. The van der Waals surface area contributed by atoms with Crippen molar-refractivity contribution in [3.8, 4) is 0 Å². The molecule has 10 N–H and O–H groups in total. The lowest BCUT2D eigenvalue weighted by Gasteiger charge is -2.48. The number of hydrogen-bond donors (Lipinski definition) is 10. The number of aliphatic hydroxyl groups is 7. The highest BCUT2D eigenvalue weighted by molar-refractivity contribution is 5.95. The van der Waals surface area contributed by atoms with E-state index in [1.165, 1.54) is 6.92 Å². The zero-order valence-corrected chi connectivity index (χ0v) is 25.3. The number of carboxylic acid groups (broad SMARTS) is 3. The zero-order chi connectivity index (χ0) is 36.0. The molecule has 0 saturated carbocycles. The largest absolute Gasteiger partial charge is 0.481 e. The maximum atomic E-state index is 13.8. The minimum Gasteiger partial charge on any atom is -0.481 e. The van der Waals surface area contributed by atoms with Gasteiger partial charge in [-0.25, -0.2) is 19.2 Å². The quantitative estimate of drug-likeness (QED) is 0.0332. The van der Waals surface area contributed by atoms with Gasteiger partial charge in [0, 0.05) is 22.3 Å². The van der Waals surface area contributed by atoms with Gasteiger partial charge in [0.25, 0.3) is 0 Å². The Morgan fingerprint density at radius 2 is 1.20 bits per heavy atom. The van der Waals surface area contributed by atoms with Crippen LogP contribution in [0.2, 0.25) is 0 Å². The van der Waals surface area contributed by atoms with Crippen LogP contribution in [0, 0.1) is 0 Å². The highest BCUT2D eigenvalue weighted by Gasteiger charge is 2.60. The molecule has 0 aromatic heterocycles. The maximum absolute atomic E-state index is 13.8. The number of rotatable bonds is 21. The molecule has 5 unspecified atom stereocenters. The summed E-state index contributed by atoms with van der Waals surface area (Å²) >= 11 is 0. The molecule has 0 amide bonds. The summed E-state index contributed by atoms with van der Waals surface area (Å²) in [5.41, 5.74) is -11.3. The Kier molecular flexibility index (Phi) is 17.2. The van der Waals surface area contributed by atoms with Crippen LogP contribution in [0.15, 0.2) is 46.6 Å². The second-order valence-electron chi connectivity index (χ2n) is 9.79. The van der Waals surface area contributed by atoms with Crippen molar-refractivity contribution < 1.29 is 89.2 Å². The number of carboxylic acids is 3. The van der Waals surface area contributed by atoms with Gasteiger partial charge in [0.15, 0.2) is 11.2 Å². The molecule has 0 radical (unpaired) electrons. The SMILES string of the molecule is C=C(C)C(=O)OCCOC(=O)C(=C(C(O)CO)C(O)CO)C(O)(C=C(C)C(=O)O)C(C=C(C)C(=O)O)(OCCC(=O)O)C(O)CO. The molecular weight excluding hydrogens is 624 g/mol. The normalized spacial score (nSPS) is 16.6. The number of carbonyl (C=O) groups excluding carboxylic acids is 2. The summed E-state index contributed by atoms with van der Waals surface area (Å²) in [7, 11) is 0. The fourth-order valence-corrected chi connectivity index (χ4v) is 4.00. The van der Waals surface area contributed by atoms with E-state index < -0.39 is 128 Å². The molecule has 0 spiro atoms. The molecule has 0 saturated heterocycles. The lowest BCUT2D eigenvalue weighted by molar-refractivity contribution is -0.188. The minimum atomic E-state index is -3.67. The van der Waals surface area contributed by atoms with Crippen LogP contribution in [0.25, 0.3) is 0 Å². The van der Waals surface area contributed by atoms with Crippen LogP contribution in [0.1, 0.15) is 27.2 Å². The van der Waals surface area contributed by atoms with Crippen molar-refractivity contribution in [3.05, 3.63) is 46.6 Å². The molecule has 18 heteroatoms.